The van der Waals surface area contributed by atoms with Crippen molar-refractivity contribution in [2.75, 3.05) is 11.9 Å². The molecule has 0 atom stereocenters. The van der Waals surface area contributed by atoms with Crippen molar-refractivity contribution in [1.29, 1.82) is 0 Å². The lowest BCUT2D eigenvalue weighted by Gasteiger charge is -2.11. The molecule has 2 amide bonds. The van der Waals surface area contributed by atoms with Gasteiger partial charge in [0.25, 0.3) is 11.8 Å². The second kappa shape index (κ2) is 8.71. The van der Waals surface area contributed by atoms with Crippen LogP contribution in [0.3, 0.4) is 0 Å². The van der Waals surface area contributed by atoms with Crippen LogP contribution < -0.4 is 11.1 Å². The third kappa shape index (κ3) is 4.23. The molecule has 0 aliphatic heterocycles. The van der Waals surface area contributed by atoms with E-state index in [-0.39, 0.29) is 6.42 Å². The first-order chi connectivity index (χ1) is 14.5. The summed E-state index contributed by atoms with van der Waals surface area (Å²) in [5.41, 5.74) is 7.93. The lowest BCUT2D eigenvalue weighted by molar-refractivity contribution is -0.147. The van der Waals surface area contributed by atoms with E-state index in [1.54, 1.807) is 0 Å². The fourth-order valence-electron chi connectivity index (χ4n) is 3.84. The topological polar surface area (TPSA) is 103 Å². The smallest absolute Gasteiger partial charge is 0.308 e. The number of amides is 2. The highest BCUT2D eigenvalue weighted by molar-refractivity contribution is 7.17. The molecule has 156 valence electrons. The normalized spacial score (nSPS) is 13.1. The van der Waals surface area contributed by atoms with Crippen molar-refractivity contribution in [3.8, 4) is 0 Å². The summed E-state index contributed by atoms with van der Waals surface area (Å²) in [6, 6.07) is 9.91. The summed E-state index contributed by atoms with van der Waals surface area (Å²) in [4.78, 5) is 37.3. The van der Waals surface area contributed by atoms with Gasteiger partial charge in [-0.3, -0.25) is 14.4 Å². The maximum atomic E-state index is 12.3. The minimum atomic E-state index is -0.541. The van der Waals surface area contributed by atoms with Gasteiger partial charge < -0.3 is 20.4 Å². The van der Waals surface area contributed by atoms with E-state index in [0.29, 0.717) is 17.1 Å². The minimum absolute atomic E-state index is 0.159. The molecule has 8 heteroatoms. The van der Waals surface area contributed by atoms with Crippen LogP contribution >= 0.6 is 11.3 Å². The maximum Gasteiger partial charge on any atom is 0.308 e. The van der Waals surface area contributed by atoms with Gasteiger partial charge in [0, 0.05) is 23.1 Å². The molecule has 0 saturated carbocycles. The van der Waals surface area contributed by atoms with Crippen molar-refractivity contribution < 1.29 is 19.1 Å². The molecule has 7 nitrogen and oxygen atoms in total. The minimum Gasteiger partial charge on any atom is -0.456 e. The molecular formula is C22H23N3O4S. The van der Waals surface area contributed by atoms with E-state index in [0.717, 1.165) is 47.0 Å². The number of ether oxygens (including phenoxy) is 1. The van der Waals surface area contributed by atoms with Gasteiger partial charge in [-0.05, 0) is 48.8 Å². The number of hydrogen-bond donors (Lipinski definition) is 2. The largest absolute Gasteiger partial charge is 0.456 e. The lowest BCUT2D eigenvalue weighted by atomic mass is 9.95. The van der Waals surface area contributed by atoms with E-state index in [1.165, 1.54) is 11.3 Å². The number of nitrogens with one attached hydrogen (secondary N) is 1. The Kier molecular flexibility index (Phi) is 5.85. The van der Waals surface area contributed by atoms with E-state index < -0.39 is 24.4 Å². The zero-order valence-electron chi connectivity index (χ0n) is 16.5. The molecule has 1 aliphatic carbocycles. The third-order valence-corrected chi connectivity index (χ3v) is 6.48. The Bertz CT molecular complexity index is 1110. The number of para-hydroxylation sites is 1. The highest BCUT2D eigenvalue weighted by Gasteiger charge is 2.25. The molecule has 2 heterocycles. The van der Waals surface area contributed by atoms with E-state index in [9.17, 15) is 14.4 Å². The van der Waals surface area contributed by atoms with Crippen LogP contribution in [0.5, 0.6) is 0 Å². The van der Waals surface area contributed by atoms with Crippen LogP contribution in [-0.4, -0.2) is 29.0 Å². The van der Waals surface area contributed by atoms with Gasteiger partial charge in [-0.1, -0.05) is 18.2 Å². The van der Waals surface area contributed by atoms with Gasteiger partial charge in [-0.15, -0.1) is 11.3 Å². The average molecular weight is 426 g/mol. The highest BCUT2D eigenvalue weighted by Crippen LogP contribution is 2.37. The van der Waals surface area contributed by atoms with Crippen molar-refractivity contribution >= 4 is 45.0 Å². The van der Waals surface area contributed by atoms with Crippen LogP contribution in [0.15, 0.2) is 36.5 Å². The monoisotopic (exact) mass is 425 g/mol. The van der Waals surface area contributed by atoms with Crippen LogP contribution in [0.2, 0.25) is 0 Å². The number of esters is 1. The summed E-state index contributed by atoms with van der Waals surface area (Å²) in [6.07, 6.45) is 5.84. The summed E-state index contributed by atoms with van der Waals surface area (Å²) >= 11 is 1.39. The molecule has 30 heavy (non-hydrogen) atoms. The van der Waals surface area contributed by atoms with Gasteiger partial charge in [0.05, 0.1) is 12.0 Å². The number of rotatable bonds is 7. The fourth-order valence-corrected chi connectivity index (χ4v) is 5.15. The number of nitrogens with two attached hydrogens (primary N) is 1. The van der Waals surface area contributed by atoms with Crippen molar-refractivity contribution in [2.45, 2.75) is 38.6 Å². The summed E-state index contributed by atoms with van der Waals surface area (Å²) in [6.45, 7) is 0.0729. The molecule has 0 bridgehead atoms. The fraction of sp³-hybridized carbons (Fsp3) is 0.318. The Morgan fingerprint density at radius 2 is 1.93 bits per heavy atom. The van der Waals surface area contributed by atoms with E-state index in [4.69, 9.17) is 10.5 Å². The molecule has 3 aromatic rings. The second-order valence-electron chi connectivity index (χ2n) is 7.31. The Hall–Kier alpha value is -3.13. The van der Waals surface area contributed by atoms with Gasteiger partial charge in [-0.2, -0.15) is 0 Å². The van der Waals surface area contributed by atoms with E-state index in [1.807, 2.05) is 41.1 Å². The number of aromatic nitrogens is 1. The van der Waals surface area contributed by atoms with Gasteiger partial charge >= 0.3 is 5.97 Å². The van der Waals surface area contributed by atoms with Gasteiger partial charge in [0.2, 0.25) is 0 Å². The third-order valence-electron chi connectivity index (χ3n) is 5.27. The molecule has 0 unspecified atom stereocenters. The second-order valence-corrected chi connectivity index (χ2v) is 8.41. The number of primary amides is 1. The first-order valence-corrected chi connectivity index (χ1v) is 10.8. The average Bonchev–Trinajstić information content (AvgIpc) is 3.31. The number of hydrogen-bond acceptors (Lipinski definition) is 5. The van der Waals surface area contributed by atoms with Crippen LogP contribution in [-0.2, 0) is 33.7 Å². The van der Waals surface area contributed by atoms with Crippen molar-refractivity contribution in [2.24, 2.45) is 5.73 Å². The molecule has 1 aromatic carbocycles. The molecule has 0 radical (unpaired) electrons. The Balaban J connectivity index is 1.31. The first kappa shape index (κ1) is 20.2. The number of benzene rings is 1. The molecule has 0 spiro atoms. The molecular weight excluding hydrogens is 402 g/mol. The molecule has 0 saturated heterocycles. The molecule has 4 rings (SSSR count). The molecule has 3 N–H and O–H groups in total. The van der Waals surface area contributed by atoms with E-state index >= 15 is 0 Å². The quantitative estimate of drug-likeness (QED) is 0.567. The number of nitrogens with zero attached hydrogens (tertiary/aromatic N) is 1. The molecule has 2 aromatic heterocycles. The Morgan fingerprint density at radius 3 is 2.77 bits per heavy atom. The van der Waals surface area contributed by atoms with Crippen LogP contribution in [0.4, 0.5) is 5.00 Å². The lowest BCUT2D eigenvalue weighted by Crippen LogP contribution is -2.23. The van der Waals surface area contributed by atoms with E-state index in [2.05, 4.69) is 5.32 Å². The van der Waals surface area contributed by atoms with Gasteiger partial charge in [0.15, 0.2) is 6.61 Å². The van der Waals surface area contributed by atoms with Crippen LogP contribution in [0.25, 0.3) is 10.9 Å². The summed E-state index contributed by atoms with van der Waals surface area (Å²) in [5.74, 6) is -1.47. The van der Waals surface area contributed by atoms with Crippen molar-refractivity contribution in [3.05, 3.63) is 52.5 Å². The van der Waals surface area contributed by atoms with Crippen molar-refractivity contribution in [1.82, 2.24) is 4.57 Å². The summed E-state index contributed by atoms with van der Waals surface area (Å²) in [7, 11) is 0. The summed E-state index contributed by atoms with van der Waals surface area (Å²) in [5, 5.41) is 4.25. The summed E-state index contributed by atoms with van der Waals surface area (Å²) < 4.78 is 7.09. The predicted molar refractivity (Wildman–Crippen MR) is 116 cm³/mol. The Labute approximate surface area is 177 Å². The highest BCUT2D eigenvalue weighted by atomic mass is 32.1. The predicted octanol–water partition coefficient (Wildman–Crippen LogP) is 3.25. The van der Waals surface area contributed by atoms with Crippen LogP contribution in [0, 0.1) is 0 Å². The number of anilines is 1. The Morgan fingerprint density at radius 1 is 1.13 bits per heavy atom. The van der Waals surface area contributed by atoms with Crippen LogP contribution in [0.1, 0.15) is 40.1 Å². The van der Waals surface area contributed by atoms with Crippen molar-refractivity contribution in [3.63, 3.8) is 0 Å². The first-order valence-electron chi connectivity index (χ1n) is 9.96. The SMILES string of the molecule is NC(=O)c1c(NC(=O)COC(=O)CCn2ccc3ccccc32)sc2c1CCCC2. The van der Waals surface area contributed by atoms with Gasteiger partial charge in [-0.25, -0.2) is 0 Å². The number of aryl methyl sites for hydroxylation is 2. The standard InChI is InChI=1S/C22H23N3O4S/c23-21(28)20-15-6-2-4-8-17(15)30-22(20)24-18(26)13-29-19(27)10-12-25-11-9-14-5-1-3-7-16(14)25/h1,3,5,7,9,11H,2,4,6,8,10,12-13H2,(H2,23,28)(H,24,26). The molecule has 0 fully saturated rings. The number of carbonyl (C=O) groups excluding carboxylic acids is 3. The van der Waals surface area contributed by atoms with Gasteiger partial charge in [0.1, 0.15) is 5.00 Å². The molecule has 1 aliphatic rings. The zero-order chi connectivity index (χ0) is 21.1. The zero-order valence-corrected chi connectivity index (χ0v) is 17.3. The number of thiophene rings is 1. The number of carbonyl (C=O) groups is 3. The maximum absolute atomic E-state index is 12.3. The number of fused-ring (bicyclic) bond motifs is 2.